The van der Waals surface area contributed by atoms with Gasteiger partial charge in [-0.1, -0.05) is 30.3 Å². The van der Waals surface area contributed by atoms with Crippen molar-refractivity contribution in [2.75, 3.05) is 13.1 Å². The molecule has 0 radical (unpaired) electrons. The standard InChI is InChI=1S/C20H18N2O4S/c23-18(12-15-6-3-9-27-15)21-7-8-22-19(24)16-10-13-4-1-2-5-14(13)11-17(16)20(25)26/h1-6,9-11H,7-8,12H2,(H,21,23)(H,22,24)(H,25,26). The van der Waals surface area contributed by atoms with E-state index in [1.165, 1.54) is 17.4 Å². The predicted octanol–water partition coefficient (Wildman–Crippen LogP) is 2.69. The predicted molar refractivity (Wildman–Crippen MR) is 104 cm³/mol. The summed E-state index contributed by atoms with van der Waals surface area (Å²) in [7, 11) is 0. The Morgan fingerprint density at radius 3 is 2.19 bits per heavy atom. The second kappa shape index (κ2) is 8.46. The molecule has 2 amide bonds. The zero-order valence-electron chi connectivity index (χ0n) is 14.4. The lowest BCUT2D eigenvalue weighted by atomic mass is 10.0. The van der Waals surface area contributed by atoms with Crippen molar-refractivity contribution in [3.63, 3.8) is 0 Å². The van der Waals surface area contributed by atoms with E-state index in [2.05, 4.69) is 10.6 Å². The van der Waals surface area contributed by atoms with Crippen molar-refractivity contribution < 1.29 is 19.5 Å². The number of thiophene rings is 1. The monoisotopic (exact) mass is 382 g/mol. The van der Waals surface area contributed by atoms with Crippen LogP contribution in [-0.2, 0) is 11.2 Å². The summed E-state index contributed by atoms with van der Waals surface area (Å²) in [4.78, 5) is 36.7. The minimum absolute atomic E-state index is 0.0482. The van der Waals surface area contributed by atoms with Crippen LogP contribution >= 0.6 is 11.3 Å². The van der Waals surface area contributed by atoms with Gasteiger partial charge in [-0.05, 0) is 34.4 Å². The van der Waals surface area contributed by atoms with E-state index in [0.717, 1.165) is 15.6 Å². The Hall–Kier alpha value is -3.19. The lowest BCUT2D eigenvalue weighted by molar-refractivity contribution is -0.120. The lowest BCUT2D eigenvalue weighted by Gasteiger charge is -2.10. The van der Waals surface area contributed by atoms with E-state index in [-0.39, 0.29) is 30.1 Å². The van der Waals surface area contributed by atoms with Crippen LogP contribution in [0.1, 0.15) is 25.6 Å². The Kier molecular flexibility index (Phi) is 5.83. The topological polar surface area (TPSA) is 95.5 Å². The van der Waals surface area contributed by atoms with Gasteiger partial charge in [-0.15, -0.1) is 11.3 Å². The van der Waals surface area contributed by atoms with E-state index in [1.807, 2.05) is 35.7 Å². The summed E-state index contributed by atoms with van der Waals surface area (Å²) in [6.45, 7) is 0.479. The normalized spacial score (nSPS) is 10.5. The van der Waals surface area contributed by atoms with Crippen LogP contribution in [0.15, 0.2) is 53.9 Å². The van der Waals surface area contributed by atoms with Crippen molar-refractivity contribution in [3.8, 4) is 0 Å². The van der Waals surface area contributed by atoms with Crippen molar-refractivity contribution in [2.24, 2.45) is 0 Å². The highest BCUT2D eigenvalue weighted by molar-refractivity contribution is 7.10. The van der Waals surface area contributed by atoms with Crippen molar-refractivity contribution >= 4 is 39.9 Å². The zero-order chi connectivity index (χ0) is 19.2. The van der Waals surface area contributed by atoms with Gasteiger partial charge in [-0.25, -0.2) is 4.79 Å². The maximum Gasteiger partial charge on any atom is 0.336 e. The summed E-state index contributed by atoms with van der Waals surface area (Å²) in [6, 6.07) is 14.1. The second-order valence-electron chi connectivity index (χ2n) is 5.91. The van der Waals surface area contributed by atoms with Gasteiger partial charge < -0.3 is 15.7 Å². The van der Waals surface area contributed by atoms with Crippen LogP contribution in [0.3, 0.4) is 0 Å². The van der Waals surface area contributed by atoms with E-state index < -0.39 is 11.9 Å². The Morgan fingerprint density at radius 2 is 1.56 bits per heavy atom. The summed E-state index contributed by atoms with van der Waals surface area (Å²) >= 11 is 1.51. The fourth-order valence-electron chi connectivity index (χ4n) is 2.71. The van der Waals surface area contributed by atoms with Gasteiger partial charge in [0.15, 0.2) is 0 Å². The number of hydrogen-bond acceptors (Lipinski definition) is 4. The molecule has 0 saturated heterocycles. The number of nitrogens with one attached hydrogen (secondary N) is 2. The summed E-state index contributed by atoms with van der Waals surface area (Å²) in [5, 5.41) is 18.2. The van der Waals surface area contributed by atoms with Gasteiger partial charge in [0, 0.05) is 18.0 Å². The summed E-state index contributed by atoms with van der Waals surface area (Å²) < 4.78 is 0. The second-order valence-corrected chi connectivity index (χ2v) is 6.94. The van der Waals surface area contributed by atoms with Crippen LogP contribution in [0, 0.1) is 0 Å². The molecular formula is C20H18N2O4S. The van der Waals surface area contributed by atoms with Crippen molar-refractivity contribution in [2.45, 2.75) is 6.42 Å². The van der Waals surface area contributed by atoms with Gasteiger partial charge in [0.2, 0.25) is 5.91 Å². The number of amides is 2. The number of fused-ring (bicyclic) bond motifs is 1. The summed E-state index contributed by atoms with van der Waals surface area (Å²) in [5.74, 6) is -1.76. The van der Waals surface area contributed by atoms with E-state index >= 15 is 0 Å². The number of carboxylic acids is 1. The Balaban J connectivity index is 1.59. The van der Waals surface area contributed by atoms with Crippen LogP contribution in [0.2, 0.25) is 0 Å². The molecule has 2 aromatic carbocycles. The van der Waals surface area contributed by atoms with Crippen LogP contribution in [0.5, 0.6) is 0 Å². The molecule has 1 heterocycles. The average Bonchev–Trinajstić information content (AvgIpc) is 3.16. The molecule has 6 nitrogen and oxygen atoms in total. The number of carbonyl (C=O) groups excluding carboxylic acids is 2. The van der Waals surface area contributed by atoms with Crippen molar-refractivity contribution in [1.82, 2.24) is 10.6 Å². The molecule has 3 aromatic rings. The van der Waals surface area contributed by atoms with Crippen LogP contribution in [0.4, 0.5) is 0 Å². The first-order valence-corrected chi connectivity index (χ1v) is 9.26. The van der Waals surface area contributed by atoms with Gasteiger partial charge in [0.1, 0.15) is 0 Å². The highest BCUT2D eigenvalue weighted by Crippen LogP contribution is 2.20. The molecule has 0 fully saturated rings. The molecule has 1 aromatic heterocycles. The quantitative estimate of drug-likeness (QED) is 0.548. The Morgan fingerprint density at radius 1 is 0.889 bits per heavy atom. The number of benzene rings is 2. The summed E-state index contributed by atoms with van der Waals surface area (Å²) in [6.07, 6.45) is 0.305. The van der Waals surface area contributed by atoms with Crippen molar-refractivity contribution in [3.05, 3.63) is 69.9 Å². The molecule has 27 heavy (non-hydrogen) atoms. The zero-order valence-corrected chi connectivity index (χ0v) is 15.2. The molecule has 3 rings (SSSR count). The molecule has 0 saturated carbocycles. The fraction of sp³-hybridized carbons (Fsp3) is 0.150. The SMILES string of the molecule is O=C(Cc1cccs1)NCCNC(=O)c1cc2ccccc2cc1C(=O)O. The molecule has 0 spiro atoms. The van der Waals surface area contributed by atoms with E-state index in [1.54, 1.807) is 12.1 Å². The highest BCUT2D eigenvalue weighted by Gasteiger charge is 2.17. The Bertz CT molecular complexity index is 983. The first-order chi connectivity index (χ1) is 13.0. The third kappa shape index (κ3) is 4.71. The summed E-state index contributed by atoms with van der Waals surface area (Å²) in [5.41, 5.74) is 0.0547. The van der Waals surface area contributed by atoms with Gasteiger partial charge in [0.25, 0.3) is 5.91 Å². The number of aromatic carboxylic acids is 1. The third-order valence-corrected chi connectivity index (χ3v) is 4.88. The minimum Gasteiger partial charge on any atom is -0.478 e. The molecule has 0 aliphatic heterocycles. The minimum atomic E-state index is -1.16. The maximum atomic E-state index is 12.4. The molecular weight excluding hydrogens is 364 g/mol. The Labute approximate surface area is 159 Å². The van der Waals surface area contributed by atoms with Crippen LogP contribution < -0.4 is 10.6 Å². The molecule has 7 heteroatoms. The van der Waals surface area contributed by atoms with Gasteiger partial charge >= 0.3 is 5.97 Å². The number of rotatable bonds is 7. The van der Waals surface area contributed by atoms with Crippen LogP contribution in [0.25, 0.3) is 10.8 Å². The fourth-order valence-corrected chi connectivity index (χ4v) is 3.42. The molecule has 3 N–H and O–H groups in total. The van der Waals surface area contributed by atoms with Gasteiger partial charge in [-0.3, -0.25) is 9.59 Å². The number of hydrogen-bond donors (Lipinski definition) is 3. The third-order valence-electron chi connectivity index (χ3n) is 4.01. The molecule has 0 unspecified atom stereocenters. The largest absolute Gasteiger partial charge is 0.478 e. The number of carbonyl (C=O) groups is 3. The van der Waals surface area contributed by atoms with E-state index in [9.17, 15) is 19.5 Å². The molecule has 138 valence electrons. The van der Waals surface area contributed by atoms with Gasteiger partial charge in [-0.2, -0.15) is 0 Å². The maximum absolute atomic E-state index is 12.4. The first-order valence-electron chi connectivity index (χ1n) is 8.38. The average molecular weight is 382 g/mol. The molecule has 0 bridgehead atoms. The van der Waals surface area contributed by atoms with E-state index in [4.69, 9.17) is 0 Å². The number of carboxylic acid groups (broad SMARTS) is 1. The van der Waals surface area contributed by atoms with Crippen molar-refractivity contribution in [1.29, 1.82) is 0 Å². The highest BCUT2D eigenvalue weighted by atomic mass is 32.1. The smallest absolute Gasteiger partial charge is 0.336 e. The van der Waals surface area contributed by atoms with E-state index in [0.29, 0.717) is 6.42 Å². The van der Waals surface area contributed by atoms with Gasteiger partial charge in [0.05, 0.1) is 17.5 Å². The van der Waals surface area contributed by atoms with Crippen LogP contribution in [-0.4, -0.2) is 36.0 Å². The first kappa shape index (κ1) is 18.6. The molecule has 0 atom stereocenters. The molecule has 0 aliphatic rings. The lowest BCUT2D eigenvalue weighted by Crippen LogP contribution is -2.35. The molecule has 0 aliphatic carbocycles.